The van der Waals surface area contributed by atoms with Gasteiger partial charge in [0.1, 0.15) is 0 Å². The number of carboxylic acid groups (broad SMARTS) is 2. The van der Waals surface area contributed by atoms with E-state index in [4.69, 9.17) is 10.2 Å². The number of hydrogen-bond acceptors (Lipinski definition) is 2. The Morgan fingerprint density at radius 2 is 1.38 bits per heavy atom. The molecule has 2 aliphatic heterocycles. The summed E-state index contributed by atoms with van der Waals surface area (Å²) in [5, 5.41) is 26.0. The first-order chi connectivity index (χ1) is 18.0. The van der Waals surface area contributed by atoms with Gasteiger partial charge < -0.3 is 20.8 Å². The van der Waals surface area contributed by atoms with Gasteiger partial charge in [0.2, 0.25) is 0 Å². The Bertz CT molecular complexity index is 897. The third kappa shape index (κ3) is 8.74. The zero-order valence-electron chi connectivity index (χ0n) is 21.9. The van der Waals surface area contributed by atoms with Crippen LogP contribution in [-0.4, -0.2) is 61.4 Å². The van der Waals surface area contributed by atoms with Crippen LogP contribution in [0.25, 0.3) is 16.7 Å². The molecule has 4 atom stereocenters. The van der Waals surface area contributed by atoms with Crippen LogP contribution < -0.4 is 0 Å². The second-order valence-electron chi connectivity index (χ2n) is 11.2. The average Bonchev–Trinajstić information content (AvgIpc) is 3.64. The van der Waals surface area contributed by atoms with Gasteiger partial charge in [-0.1, -0.05) is 80.9 Å². The van der Waals surface area contributed by atoms with Crippen LogP contribution >= 0.6 is 0 Å². The van der Waals surface area contributed by atoms with Crippen molar-refractivity contribution in [1.82, 2.24) is 0 Å². The fraction of sp³-hybridized carbons (Fsp3) is 0.667. The van der Waals surface area contributed by atoms with E-state index in [0.29, 0.717) is 12.0 Å². The summed E-state index contributed by atoms with van der Waals surface area (Å²) in [6.45, 7) is 0. The summed E-state index contributed by atoms with van der Waals surface area (Å²) >= 11 is 0.0911. The van der Waals surface area contributed by atoms with Crippen LogP contribution in [0.3, 0.4) is 0 Å². The van der Waals surface area contributed by atoms with Gasteiger partial charge in [0.25, 0.3) is 11.9 Å². The third-order valence-corrected chi connectivity index (χ3v) is 14.4. The predicted molar refractivity (Wildman–Crippen MR) is 150 cm³/mol. The Morgan fingerprint density at radius 1 is 0.757 bits per heavy atom. The van der Waals surface area contributed by atoms with Crippen molar-refractivity contribution < 1.29 is 19.8 Å². The van der Waals surface area contributed by atoms with Crippen molar-refractivity contribution in [3.63, 3.8) is 0 Å². The quantitative estimate of drug-likeness (QED) is 0.339. The molecule has 0 bridgehead atoms. The second-order valence-corrected chi connectivity index (χ2v) is 16.8. The van der Waals surface area contributed by atoms with E-state index in [0.717, 1.165) is 30.5 Å². The van der Waals surface area contributed by atoms with Crippen molar-refractivity contribution in [3.8, 4) is 0 Å². The van der Waals surface area contributed by atoms with Crippen LogP contribution in [0.5, 0.6) is 0 Å². The number of carboxylic acids is 2. The third-order valence-electron chi connectivity index (χ3n) is 8.44. The van der Waals surface area contributed by atoms with Gasteiger partial charge in [-0.05, 0) is 11.6 Å². The van der Waals surface area contributed by atoms with Gasteiger partial charge in [-0.3, -0.25) is 9.59 Å². The summed E-state index contributed by atoms with van der Waals surface area (Å²) in [7, 11) is 0. The van der Waals surface area contributed by atoms with E-state index in [1.54, 1.807) is 63.5 Å². The summed E-state index contributed by atoms with van der Waals surface area (Å²) in [4.78, 5) is 21.4. The molecule has 5 aliphatic rings. The maximum Gasteiger partial charge on any atom is 0.292 e. The molecule has 3 aliphatic carbocycles. The molecule has 4 fully saturated rings. The first kappa shape index (κ1) is 28.5. The van der Waals surface area contributed by atoms with Crippen molar-refractivity contribution in [3.05, 3.63) is 46.5 Å². The molecular formula is C30H42N2O4Sn. The molecule has 0 amide bonds. The zero-order chi connectivity index (χ0) is 26.0. The maximum atomic E-state index is 10.7. The Kier molecular flexibility index (Phi) is 11.2. The number of rotatable bonds is 4. The smallest absolute Gasteiger partial charge is 0.292 e. The molecule has 1 saturated heterocycles. The van der Waals surface area contributed by atoms with Crippen LogP contribution in [0, 0.1) is 5.92 Å². The van der Waals surface area contributed by atoms with Crippen molar-refractivity contribution in [2.75, 3.05) is 0 Å². The number of aliphatic carboxylic acids is 2. The van der Waals surface area contributed by atoms with Crippen molar-refractivity contribution >= 4 is 44.8 Å². The minimum absolute atomic E-state index is 0.0911. The zero-order valence-corrected chi connectivity index (χ0v) is 24.8. The monoisotopic (exact) mass is 614 g/mol. The number of fused-ring (bicyclic) bond motifs is 2. The van der Waals surface area contributed by atoms with Gasteiger partial charge in [-0.25, -0.2) is 0 Å². The number of nitrogens with zero attached hydrogens (tertiary/aromatic N) is 2. The molecule has 200 valence electrons. The molecule has 0 aromatic heterocycles. The fourth-order valence-corrected chi connectivity index (χ4v) is 12.5. The minimum Gasteiger partial charge on any atom is -0.669 e. The number of piperidine rings is 1. The molecule has 6 nitrogen and oxygen atoms in total. The molecule has 7 heteroatoms. The fourth-order valence-electron chi connectivity index (χ4n) is 6.38. The largest absolute Gasteiger partial charge is 0.669 e. The maximum absolute atomic E-state index is 10.7. The normalized spacial score (nSPS) is 28.8. The van der Waals surface area contributed by atoms with Gasteiger partial charge in [-0.2, -0.15) is 0 Å². The number of hydrogen-bond donors (Lipinski definition) is 2. The number of para-hydroxylation sites is 1. The van der Waals surface area contributed by atoms with E-state index in [1.807, 2.05) is 24.3 Å². The van der Waals surface area contributed by atoms with Crippen LogP contribution in [0.2, 0.25) is 7.87 Å². The molecule has 37 heavy (non-hydrogen) atoms. The molecule has 4 unspecified atom stereocenters. The molecule has 2 N–H and O–H groups in total. The Hall–Kier alpha value is -1.54. The molecule has 0 spiro atoms. The standard InChI is InChI=1S/C10H16NO2.C10H8NO2.2C5H9.Sn/c2*12-10(13)9-6-5-7-3-1-2-4-8(7)11-9;2*1-2-4-5-3-1;/h7-9H,1-6H2,(H,12,13);1-6,9H,(H,12,13);2*1H,2-5H2;/q2*-1;;;+2. The van der Waals surface area contributed by atoms with E-state index in [9.17, 15) is 9.59 Å². The van der Waals surface area contributed by atoms with Crippen molar-refractivity contribution in [1.29, 1.82) is 0 Å². The van der Waals surface area contributed by atoms with Crippen LogP contribution in [0.4, 0.5) is 5.69 Å². The SMILES string of the molecule is C1CC[CH]([Sn+2][CH]2CCCC2)C1.O=C(O)C1C=Cc2ccccc2[N-]1.O=C(O)C1CCC2CCCCC2[N-]1. The van der Waals surface area contributed by atoms with Crippen LogP contribution in [0.15, 0.2) is 30.3 Å². The van der Waals surface area contributed by atoms with Crippen LogP contribution in [-0.2, 0) is 9.59 Å². The summed E-state index contributed by atoms with van der Waals surface area (Å²) in [5.41, 5.74) is 1.72. The van der Waals surface area contributed by atoms with E-state index in [-0.39, 0.29) is 21.1 Å². The second kappa shape index (κ2) is 14.6. The van der Waals surface area contributed by atoms with Gasteiger partial charge in [0.15, 0.2) is 0 Å². The Morgan fingerprint density at radius 3 is 2.03 bits per heavy atom. The molecular weight excluding hydrogens is 571 g/mol. The number of benzene rings is 1. The van der Waals surface area contributed by atoms with Gasteiger partial charge in [0, 0.05) is 6.04 Å². The molecule has 3 saturated carbocycles. The molecule has 0 radical (unpaired) electrons. The van der Waals surface area contributed by atoms with E-state index < -0.39 is 24.0 Å². The molecule has 1 aromatic rings. The number of carbonyl (C=O) groups is 2. The summed E-state index contributed by atoms with van der Waals surface area (Å²) in [5.74, 6) is -0.945. The predicted octanol–water partition coefficient (Wildman–Crippen LogP) is 7.75. The van der Waals surface area contributed by atoms with Crippen LogP contribution in [0.1, 0.15) is 95.5 Å². The van der Waals surface area contributed by atoms with E-state index in [2.05, 4.69) is 10.6 Å². The van der Waals surface area contributed by atoms with Crippen molar-refractivity contribution in [2.24, 2.45) is 5.92 Å². The summed E-state index contributed by atoms with van der Waals surface area (Å²) < 4.78 is 2.61. The first-order valence-electron chi connectivity index (χ1n) is 14.4. The van der Waals surface area contributed by atoms with Gasteiger partial charge in [-0.15, -0.1) is 11.7 Å². The van der Waals surface area contributed by atoms with Crippen molar-refractivity contribution in [2.45, 2.75) is 116 Å². The Balaban J connectivity index is 0.000000130. The summed E-state index contributed by atoms with van der Waals surface area (Å²) in [6.07, 6.45) is 22.9. The van der Waals surface area contributed by atoms with E-state index in [1.165, 1.54) is 27.1 Å². The van der Waals surface area contributed by atoms with Gasteiger partial charge >= 0.3 is 80.4 Å². The molecule has 2 heterocycles. The topological polar surface area (TPSA) is 103 Å². The van der Waals surface area contributed by atoms with Gasteiger partial charge in [0.05, 0.1) is 0 Å². The molecule has 1 aromatic carbocycles. The first-order valence-corrected chi connectivity index (χ1v) is 17.7. The average molecular weight is 613 g/mol. The Labute approximate surface area is 232 Å². The van der Waals surface area contributed by atoms with E-state index >= 15 is 0 Å². The minimum atomic E-state index is -0.911. The molecule has 6 rings (SSSR count). The summed E-state index contributed by atoms with van der Waals surface area (Å²) in [6, 6.07) is 6.71.